The third-order valence-electron chi connectivity index (χ3n) is 4.18. The van der Waals surface area contributed by atoms with Gasteiger partial charge in [0.2, 0.25) is 5.91 Å². The summed E-state index contributed by atoms with van der Waals surface area (Å²) in [6.45, 7) is 1.17. The maximum Gasteiger partial charge on any atom is 0.255 e. The highest BCUT2D eigenvalue weighted by atomic mass is 16.5. The van der Waals surface area contributed by atoms with Crippen molar-refractivity contribution in [1.29, 1.82) is 0 Å². The second-order valence-corrected chi connectivity index (χ2v) is 5.52. The predicted octanol–water partition coefficient (Wildman–Crippen LogP) is 0.624. The van der Waals surface area contributed by atoms with E-state index in [2.05, 4.69) is 15.5 Å². The first-order valence-corrected chi connectivity index (χ1v) is 7.42. The average Bonchev–Trinajstić information content (AvgIpc) is 2.60. The van der Waals surface area contributed by atoms with E-state index in [-0.39, 0.29) is 11.8 Å². The molecule has 120 valence electrons. The minimum absolute atomic E-state index is 0.0155. The van der Waals surface area contributed by atoms with Crippen LogP contribution in [0.4, 0.5) is 0 Å². The van der Waals surface area contributed by atoms with Crippen molar-refractivity contribution >= 4 is 11.8 Å². The van der Waals surface area contributed by atoms with Gasteiger partial charge in [0.15, 0.2) is 0 Å². The molecule has 2 heterocycles. The van der Waals surface area contributed by atoms with Crippen LogP contribution in [0.3, 0.4) is 0 Å². The van der Waals surface area contributed by atoms with Crippen molar-refractivity contribution in [3.8, 4) is 0 Å². The standard InChI is InChI=1S/C15H22N4O3/c1-16-13(20)4-7-15(22-2)6-3-9-19(11-15)14(21)12-5-8-17-18-10-12/h5,8,10H,3-4,6-7,9,11H2,1-2H3,(H,16,20)/t15-/m0/s1. The molecule has 2 rings (SSSR count). The van der Waals surface area contributed by atoms with Crippen molar-refractivity contribution in [2.45, 2.75) is 31.3 Å². The highest BCUT2D eigenvalue weighted by Gasteiger charge is 2.37. The zero-order valence-corrected chi connectivity index (χ0v) is 13.0. The largest absolute Gasteiger partial charge is 0.376 e. The van der Waals surface area contributed by atoms with E-state index in [1.165, 1.54) is 12.4 Å². The lowest BCUT2D eigenvalue weighted by molar-refractivity contribution is -0.123. The van der Waals surface area contributed by atoms with Gasteiger partial charge in [-0.3, -0.25) is 9.59 Å². The molecule has 0 aliphatic carbocycles. The van der Waals surface area contributed by atoms with Crippen LogP contribution in [0.2, 0.25) is 0 Å². The lowest BCUT2D eigenvalue weighted by Gasteiger charge is -2.42. The maximum absolute atomic E-state index is 12.5. The van der Waals surface area contributed by atoms with Crippen molar-refractivity contribution in [3.05, 3.63) is 24.0 Å². The highest BCUT2D eigenvalue weighted by molar-refractivity contribution is 5.93. The van der Waals surface area contributed by atoms with E-state index < -0.39 is 5.60 Å². The molecule has 0 bridgehead atoms. The smallest absolute Gasteiger partial charge is 0.255 e. The van der Waals surface area contributed by atoms with E-state index in [0.29, 0.717) is 31.5 Å². The number of piperidine rings is 1. The van der Waals surface area contributed by atoms with Gasteiger partial charge in [0, 0.05) is 33.7 Å². The zero-order valence-electron chi connectivity index (χ0n) is 13.0. The minimum Gasteiger partial charge on any atom is -0.376 e. The monoisotopic (exact) mass is 306 g/mol. The Balaban J connectivity index is 2.06. The summed E-state index contributed by atoms with van der Waals surface area (Å²) in [5, 5.41) is 10.0. The van der Waals surface area contributed by atoms with Crippen LogP contribution in [0.25, 0.3) is 0 Å². The molecule has 2 amide bonds. The summed E-state index contributed by atoms with van der Waals surface area (Å²) in [5.74, 6) is -0.0887. The van der Waals surface area contributed by atoms with Gasteiger partial charge < -0.3 is 15.0 Å². The normalized spacial score (nSPS) is 21.5. The average molecular weight is 306 g/mol. The van der Waals surface area contributed by atoms with Gasteiger partial charge >= 0.3 is 0 Å². The van der Waals surface area contributed by atoms with Gasteiger partial charge in [0.1, 0.15) is 0 Å². The van der Waals surface area contributed by atoms with E-state index in [9.17, 15) is 9.59 Å². The molecule has 0 spiro atoms. The Morgan fingerprint density at radius 2 is 2.27 bits per heavy atom. The first-order chi connectivity index (χ1) is 10.6. The molecule has 7 nitrogen and oxygen atoms in total. The molecule has 7 heteroatoms. The van der Waals surface area contributed by atoms with Crippen molar-refractivity contribution in [2.75, 3.05) is 27.2 Å². The molecule has 22 heavy (non-hydrogen) atoms. The van der Waals surface area contributed by atoms with Crippen LogP contribution >= 0.6 is 0 Å². The summed E-state index contributed by atoms with van der Waals surface area (Å²) >= 11 is 0. The van der Waals surface area contributed by atoms with Crippen LogP contribution in [0.1, 0.15) is 36.0 Å². The summed E-state index contributed by atoms with van der Waals surface area (Å²) in [7, 11) is 3.26. The number of ether oxygens (including phenoxy) is 1. The van der Waals surface area contributed by atoms with Crippen molar-refractivity contribution in [3.63, 3.8) is 0 Å². The van der Waals surface area contributed by atoms with Gasteiger partial charge in [-0.15, -0.1) is 0 Å². The lowest BCUT2D eigenvalue weighted by Crippen LogP contribution is -2.51. The van der Waals surface area contributed by atoms with Gasteiger partial charge in [0.05, 0.1) is 23.6 Å². The zero-order chi connectivity index (χ0) is 16.0. The summed E-state index contributed by atoms with van der Waals surface area (Å²) in [6, 6.07) is 1.66. The van der Waals surface area contributed by atoms with E-state index in [1.54, 1.807) is 25.1 Å². The number of hydrogen-bond donors (Lipinski definition) is 1. The second kappa shape index (κ2) is 7.31. The van der Waals surface area contributed by atoms with Crippen LogP contribution in [0.15, 0.2) is 18.5 Å². The number of carbonyl (C=O) groups excluding carboxylic acids is 2. The van der Waals surface area contributed by atoms with Gasteiger partial charge in [-0.05, 0) is 25.3 Å². The summed E-state index contributed by atoms with van der Waals surface area (Å²) < 4.78 is 5.69. The van der Waals surface area contributed by atoms with Crippen LogP contribution in [0.5, 0.6) is 0 Å². The molecule has 1 fully saturated rings. The highest BCUT2D eigenvalue weighted by Crippen LogP contribution is 2.30. The Morgan fingerprint density at radius 3 is 2.91 bits per heavy atom. The van der Waals surface area contributed by atoms with E-state index in [4.69, 9.17) is 4.74 Å². The number of methoxy groups -OCH3 is 1. The number of rotatable bonds is 5. The molecule has 1 atom stereocenters. The molecular formula is C15H22N4O3. The predicted molar refractivity (Wildman–Crippen MR) is 80.2 cm³/mol. The van der Waals surface area contributed by atoms with Crippen LogP contribution in [-0.2, 0) is 9.53 Å². The van der Waals surface area contributed by atoms with Crippen molar-refractivity contribution in [2.24, 2.45) is 0 Å². The molecule has 0 saturated carbocycles. The van der Waals surface area contributed by atoms with E-state index >= 15 is 0 Å². The van der Waals surface area contributed by atoms with Gasteiger partial charge in [-0.25, -0.2) is 0 Å². The lowest BCUT2D eigenvalue weighted by atomic mass is 9.87. The molecule has 1 N–H and O–H groups in total. The fourth-order valence-corrected chi connectivity index (χ4v) is 2.81. The van der Waals surface area contributed by atoms with Gasteiger partial charge in [0.25, 0.3) is 5.91 Å². The Hall–Kier alpha value is -2.02. The summed E-state index contributed by atoms with van der Waals surface area (Å²) in [4.78, 5) is 25.8. The Bertz CT molecular complexity index is 523. The number of nitrogens with zero attached hydrogens (tertiary/aromatic N) is 3. The van der Waals surface area contributed by atoms with Gasteiger partial charge in [-0.2, -0.15) is 10.2 Å². The maximum atomic E-state index is 12.5. The quantitative estimate of drug-likeness (QED) is 0.862. The minimum atomic E-state index is -0.457. The van der Waals surface area contributed by atoms with Crippen LogP contribution in [0, 0.1) is 0 Å². The first kappa shape index (κ1) is 16.4. The molecule has 1 aromatic heterocycles. The summed E-state index contributed by atoms with van der Waals surface area (Å²) in [5.41, 5.74) is 0.0640. The second-order valence-electron chi connectivity index (χ2n) is 5.52. The molecule has 1 aliphatic heterocycles. The third-order valence-corrected chi connectivity index (χ3v) is 4.18. The summed E-state index contributed by atoms with van der Waals surface area (Å²) in [6.07, 6.45) is 5.66. The van der Waals surface area contributed by atoms with Gasteiger partial charge in [-0.1, -0.05) is 0 Å². The number of likely N-dealkylation sites (tertiary alicyclic amines) is 1. The SMILES string of the molecule is CNC(=O)CC[C@@]1(OC)CCCN(C(=O)c2ccnnc2)C1. The Kier molecular flexibility index (Phi) is 5.43. The fraction of sp³-hybridized carbons (Fsp3) is 0.600. The van der Waals surface area contributed by atoms with Crippen molar-refractivity contribution in [1.82, 2.24) is 20.4 Å². The molecule has 0 unspecified atom stereocenters. The molecule has 0 aromatic carbocycles. The number of nitrogens with one attached hydrogen (secondary N) is 1. The van der Waals surface area contributed by atoms with Crippen LogP contribution in [-0.4, -0.2) is 59.8 Å². The molecular weight excluding hydrogens is 284 g/mol. The van der Waals surface area contributed by atoms with Crippen molar-refractivity contribution < 1.29 is 14.3 Å². The topological polar surface area (TPSA) is 84.4 Å². The third kappa shape index (κ3) is 3.79. The van der Waals surface area contributed by atoms with E-state index in [1.807, 2.05) is 0 Å². The molecule has 0 radical (unpaired) electrons. The molecule has 1 aliphatic rings. The van der Waals surface area contributed by atoms with Crippen LogP contribution < -0.4 is 5.32 Å². The van der Waals surface area contributed by atoms with E-state index in [0.717, 1.165) is 12.8 Å². The Labute approximate surface area is 130 Å². The number of hydrogen-bond acceptors (Lipinski definition) is 5. The number of aromatic nitrogens is 2. The number of carbonyl (C=O) groups is 2. The fourth-order valence-electron chi connectivity index (χ4n) is 2.81. The molecule has 1 saturated heterocycles. The molecule has 1 aromatic rings. The number of amides is 2. The Morgan fingerprint density at radius 1 is 1.45 bits per heavy atom. The first-order valence-electron chi connectivity index (χ1n) is 7.42.